The van der Waals surface area contributed by atoms with E-state index in [-0.39, 0.29) is 0 Å². The van der Waals surface area contributed by atoms with Crippen molar-refractivity contribution in [2.24, 2.45) is 11.3 Å². The minimum atomic E-state index is 0.462. The lowest BCUT2D eigenvalue weighted by Gasteiger charge is -2.28. The molecule has 5 nitrogen and oxygen atoms in total. The summed E-state index contributed by atoms with van der Waals surface area (Å²) in [6.07, 6.45) is 6.10. The van der Waals surface area contributed by atoms with Crippen molar-refractivity contribution in [3.8, 4) is 0 Å². The summed E-state index contributed by atoms with van der Waals surface area (Å²) in [5, 5.41) is 4.66. The second kappa shape index (κ2) is 4.19. The van der Waals surface area contributed by atoms with Crippen LogP contribution in [0.4, 0.5) is 5.82 Å². The van der Waals surface area contributed by atoms with Gasteiger partial charge in [-0.15, -0.1) is 0 Å². The number of aromatic amines is 1. The summed E-state index contributed by atoms with van der Waals surface area (Å²) >= 11 is 0. The molecule has 0 unspecified atom stereocenters. The topological polar surface area (TPSA) is 56.8 Å². The average Bonchev–Trinajstić information content (AvgIpc) is 3.09. The van der Waals surface area contributed by atoms with Crippen LogP contribution in [-0.4, -0.2) is 41.1 Å². The molecule has 0 aromatic carbocycles. The third-order valence-corrected chi connectivity index (χ3v) is 5.38. The summed E-state index contributed by atoms with van der Waals surface area (Å²) in [5.74, 6) is 1.86. The lowest BCUT2D eigenvalue weighted by molar-refractivity contribution is 0.304. The van der Waals surface area contributed by atoms with Crippen molar-refractivity contribution in [2.75, 3.05) is 25.0 Å². The van der Waals surface area contributed by atoms with Gasteiger partial charge in [-0.2, -0.15) is 0 Å². The Bertz CT molecular complexity index is 636. The second-order valence-corrected chi connectivity index (χ2v) is 6.62. The van der Waals surface area contributed by atoms with Gasteiger partial charge in [-0.25, -0.2) is 9.97 Å². The second-order valence-electron chi connectivity index (χ2n) is 6.62. The van der Waals surface area contributed by atoms with Crippen LogP contribution in [0.25, 0.3) is 11.0 Å². The Kier molecular flexibility index (Phi) is 2.54. The number of anilines is 1. The molecule has 1 aliphatic carbocycles. The predicted octanol–water partition coefficient (Wildman–Crippen LogP) is 1.78. The highest BCUT2D eigenvalue weighted by molar-refractivity contribution is 5.87. The fraction of sp³-hybridized carbons (Fsp3) is 0.600. The van der Waals surface area contributed by atoms with E-state index in [0.717, 1.165) is 29.3 Å². The van der Waals surface area contributed by atoms with Crippen LogP contribution in [-0.2, 0) is 0 Å². The summed E-state index contributed by atoms with van der Waals surface area (Å²) < 4.78 is 0. The number of nitrogens with zero attached hydrogens (tertiary/aromatic N) is 3. The van der Waals surface area contributed by atoms with E-state index < -0.39 is 0 Å². The molecule has 20 heavy (non-hydrogen) atoms. The van der Waals surface area contributed by atoms with Crippen LogP contribution in [0.3, 0.4) is 0 Å². The van der Waals surface area contributed by atoms with E-state index in [2.05, 4.69) is 45.2 Å². The van der Waals surface area contributed by atoms with Gasteiger partial charge >= 0.3 is 0 Å². The van der Waals surface area contributed by atoms with Gasteiger partial charge in [0, 0.05) is 25.8 Å². The third kappa shape index (κ3) is 1.66. The first kappa shape index (κ1) is 12.1. The van der Waals surface area contributed by atoms with E-state index >= 15 is 0 Å². The maximum absolute atomic E-state index is 4.52. The Labute approximate surface area is 118 Å². The highest BCUT2D eigenvalue weighted by Crippen LogP contribution is 2.47. The summed E-state index contributed by atoms with van der Waals surface area (Å²) in [6.45, 7) is 4.76. The zero-order valence-electron chi connectivity index (χ0n) is 12.1. The lowest BCUT2D eigenvalue weighted by atomic mass is 9.83. The van der Waals surface area contributed by atoms with E-state index in [1.165, 1.54) is 19.4 Å². The lowest BCUT2D eigenvalue weighted by Crippen LogP contribution is -2.33. The standard InChI is InChI=1S/C15H21N5/c1-15-6-11(5-10(15)7-16-8-15)20(2)14-12-3-4-17-13(12)18-9-19-14/h3-4,9-11,16H,5-8H2,1-2H3,(H,17,18,19)/t10-,11-,15+/m0/s1. The van der Waals surface area contributed by atoms with Crippen molar-refractivity contribution in [3.63, 3.8) is 0 Å². The van der Waals surface area contributed by atoms with Gasteiger partial charge in [0.05, 0.1) is 5.39 Å². The van der Waals surface area contributed by atoms with E-state index in [4.69, 9.17) is 0 Å². The number of aromatic nitrogens is 3. The molecule has 3 heterocycles. The fourth-order valence-corrected chi connectivity index (χ4v) is 4.09. The number of nitrogens with one attached hydrogen (secondary N) is 2. The number of hydrogen-bond acceptors (Lipinski definition) is 4. The Hall–Kier alpha value is -1.62. The molecule has 5 heteroatoms. The quantitative estimate of drug-likeness (QED) is 0.874. The van der Waals surface area contributed by atoms with Gasteiger partial charge in [0.15, 0.2) is 0 Å². The van der Waals surface area contributed by atoms with Crippen LogP contribution in [0.15, 0.2) is 18.6 Å². The maximum atomic E-state index is 4.52. The number of fused-ring (bicyclic) bond motifs is 2. The van der Waals surface area contributed by atoms with Gasteiger partial charge in [-0.05, 0) is 36.8 Å². The molecule has 2 aromatic heterocycles. The first-order valence-electron chi connectivity index (χ1n) is 7.39. The molecule has 0 bridgehead atoms. The van der Waals surface area contributed by atoms with Gasteiger partial charge in [-0.3, -0.25) is 0 Å². The van der Waals surface area contributed by atoms with Crippen molar-refractivity contribution in [1.29, 1.82) is 0 Å². The molecule has 1 saturated carbocycles. The van der Waals surface area contributed by atoms with Crippen molar-refractivity contribution >= 4 is 16.9 Å². The zero-order chi connectivity index (χ0) is 13.7. The zero-order valence-corrected chi connectivity index (χ0v) is 12.1. The van der Waals surface area contributed by atoms with E-state index in [9.17, 15) is 0 Å². The van der Waals surface area contributed by atoms with Gasteiger partial charge in [0.1, 0.15) is 17.8 Å². The summed E-state index contributed by atoms with van der Waals surface area (Å²) in [5.41, 5.74) is 1.39. The van der Waals surface area contributed by atoms with Gasteiger partial charge < -0.3 is 15.2 Å². The molecule has 0 spiro atoms. The highest BCUT2D eigenvalue weighted by atomic mass is 15.2. The largest absolute Gasteiger partial charge is 0.356 e. The fourth-order valence-electron chi connectivity index (χ4n) is 4.09. The summed E-state index contributed by atoms with van der Waals surface area (Å²) in [7, 11) is 2.18. The van der Waals surface area contributed by atoms with Crippen LogP contribution >= 0.6 is 0 Å². The molecule has 106 valence electrons. The minimum Gasteiger partial charge on any atom is -0.356 e. The Morgan fingerprint density at radius 3 is 3.15 bits per heavy atom. The molecule has 3 atom stereocenters. The van der Waals surface area contributed by atoms with Crippen LogP contribution in [0, 0.1) is 11.3 Å². The molecule has 1 aliphatic heterocycles. The SMILES string of the molecule is CN(c1ncnc2[nH]ccc12)[C@H]1C[C@H]2CNC[C@@]2(C)C1. The normalized spacial score (nSPS) is 32.7. The average molecular weight is 271 g/mol. The first-order chi connectivity index (χ1) is 9.67. The van der Waals surface area contributed by atoms with Crippen LogP contribution in [0.1, 0.15) is 19.8 Å². The van der Waals surface area contributed by atoms with E-state index in [1.54, 1.807) is 6.33 Å². The molecule has 2 aliphatic rings. The molecular weight excluding hydrogens is 250 g/mol. The molecule has 2 aromatic rings. The molecule has 2 fully saturated rings. The first-order valence-corrected chi connectivity index (χ1v) is 7.39. The van der Waals surface area contributed by atoms with Crippen LogP contribution in [0.2, 0.25) is 0 Å². The van der Waals surface area contributed by atoms with Crippen molar-refractivity contribution in [3.05, 3.63) is 18.6 Å². The van der Waals surface area contributed by atoms with Gasteiger partial charge in [0.2, 0.25) is 0 Å². The Balaban J connectivity index is 1.65. The maximum Gasteiger partial charge on any atom is 0.142 e. The summed E-state index contributed by atoms with van der Waals surface area (Å²) in [6, 6.07) is 2.65. The number of rotatable bonds is 2. The number of hydrogen-bond donors (Lipinski definition) is 2. The molecule has 2 N–H and O–H groups in total. The van der Waals surface area contributed by atoms with E-state index in [0.29, 0.717) is 11.5 Å². The monoisotopic (exact) mass is 271 g/mol. The van der Waals surface area contributed by atoms with Gasteiger partial charge in [-0.1, -0.05) is 6.92 Å². The molecular formula is C15H21N5. The van der Waals surface area contributed by atoms with Crippen molar-refractivity contribution in [1.82, 2.24) is 20.3 Å². The highest BCUT2D eigenvalue weighted by Gasteiger charge is 2.48. The van der Waals surface area contributed by atoms with Gasteiger partial charge in [0.25, 0.3) is 0 Å². The van der Waals surface area contributed by atoms with Crippen LogP contribution in [0.5, 0.6) is 0 Å². The minimum absolute atomic E-state index is 0.462. The third-order valence-electron chi connectivity index (χ3n) is 5.38. The van der Waals surface area contributed by atoms with Crippen molar-refractivity contribution in [2.45, 2.75) is 25.8 Å². The molecule has 4 rings (SSSR count). The Morgan fingerprint density at radius 2 is 2.30 bits per heavy atom. The summed E-state index contributed by atoms with van der Waals surface area (Å²) in [4.78, 5) is 14.3. The molecule has 0 radical (unpaired) electrons. The van der Waals surface area contributed by atoms with E-state index in [1.807, 2.05) is 6.20 Å². The van der Waals surface area contributed by atoms with Crippen molar-refractivity contribution < 1.29 is 0 Å². The smallest absolute Gasteiger partial charge is 0.142 e. The molecule has 0 amide bonds. The Morgan fingerprint density at radius 1 is 1.40 bits per heavy atom. The predicted molar refractivity (Wildman–Crippen MR) is 79.8 cm³/mol. The van der Waals surface area contributed by atoms with Crippen LogP contribution < -0.4 is 10.2 Å². The molecule has 1 saturated heterocycles. The number of H-pyrrole nitrogens is 1.